The summed E-state index contributed by atoms with van der Waals surface area (Å²) >= 11 is 0. The molecular weight excluding hydrogens is 338 g/mol. The predicted octanol–water partition coefficient (Wildman–Crippen LogP) is 4.01. The van der Waals surface area contributed by atoms with Gasteiger partial charge in [0.05, 0.1) is 5.56 Å². The Morgan fingerprint density at radius 3 is 2.88 bits per heavy atom. The number of halogens is 2. The predicted molar refractivity (Wildman–Crippen MR) is 91.2 cm³/mol. The average molecular weight is 352 g/mol. The van der Waals surface area contributed by atoms with Crippen LogP contribution in [0.1, 0.15) is 24.0 Å². The normalized spacial score (nSPS) is 18.5. The SMILES string of the molecule is O=C1OCC2CCC=C2N1c1ccc(C#Cc2cc(F)ccc2F)cn1. The maximum atomic E-state index is 13.6. The molecule has 0 bridgehead atoms. The zero-order valence-electron chi connectivity index (χ0n) is 13.7. The van der Waals surface area contributed by atoms with Crippen LogP contribution in [0.4, 0.5) is 19.4 Å². The van der Waals surface area contributed by atoms with E-state index < -0.39 is 17.7 Å². The van der Waals surface area contributed by atoms with Gasteiger partial charge in [0.1, 0.15) is 24.1 Å². The number of ether oxygens (including phenoxy) is 1. The van der Waals surface area contributed by atoms with Gasteiger partial charge in [0, 0.05) is 23.4 Å². The van der Waals surface area contributed by atoms with E-state index in [9.17, 15) is 13.6 Å². The van der Waals surface area contributed by atoms with Gasteiger partial charge in [0.25, 0.3) is 0 Å². The molecule has 1 saturated heterocycles. The molecule has 2 aliphatic rings. The second-order valence-corrected chi connectivity index (χ2v) is 6.09. The highest BCUT2D eigenvalue weighted by Gasteiger charge is 2.36. The Balaban J connectivity index is 1.59. The smallest absolute Gasteiger partial charge is 0.419 e. The zero-order chi connectivity index (χ0) is 18.1. The lowest BCUT2D eigenvalue weighted by Gasteiger charge is -2.31. The Labute approximate surface area is 149 Å². The summed E-state index contributed by atoms with van der Waals surface area (Å²) < 4.78 is 32.0. The van der Waals surface area contributed by atoms with Crippen LogP contribution in [-0.2, 0) is 4.74 Å². The lowest BCUT2D eigenvalue weighted by molar-refractivity contribution is 0.127. The summed E-state index contributed by atoms with van der Waals surface area (Å²) in [6.45, 7) is 0.407. The summed E-state index contributed by atoms with van der Waals surface area (Å²) in [5.74, 6) is 4.87. The number of hydrogen-bond donors (Lipinski definition) is 0. The number of rotatable bonds is 1. The van der Waals surface area contributed by atoms with Crippen LogP contribution < -0.4 is 4.90 Å². The summed E-state index contributed by atoms with van der Waals surface area (Å²) in [6.07, 6.45) is 4.96. The molecule has 4 nitrogen and oxygen atoms in total. The molecule has 0 N–H and O–H groups in total. The Morgan fingerprint density at radius 2 is 2.08 bits per heavy atom. The van der Waals surface area contributed by atoms with E-state index in [-0.39, 0.29) is 11.5 Å². The number of cyclic esters (lactones) is 1. The van der Waals surface area contributed by atoms with E-state index in [2.05, 4.69) is 16.8 Å². The molecule has 2 aromatic rings. The summed E-state index contributed by atoms with van der Waals surface area (Å²) in [5, 5.41) is 0. The minimum atomic E-state index is -0.584. The minimum absolute atomic E-state index is 0.0207. The molecule has 0 spiro atoms. The number of amides is 1. The van der Waals surface area contributed by atoms with Crippen molar-refractivity contribution in [2.75, 3.05) is 11.5 Å². The van der Waals surface area contributed by atoms with E-state index in [1.165, 1.54) is 11.1 Å². The standard InChI is InChI=1S/C20H14F2N2O2/c21-16-7-8-17(22)14(10-16)6-4-13-5-9-19(23-11-13)24-18-3-1-2-15(18)12-26-20(24)25/h3,5,7-11,15H,1-2,12H2. The number of aromatic nitrogens is 1. The molecule has 0 radical (unpaired) electrons. The maximum Gasteiger partial charge on any atom is 0.419 e. The molecule has 1 aromatic heterocycles. The van der Waals surface area contributed by atoms with E-state index in [4.69, 9.17) is 4.74 Å². The van der Waals surface area contributed by atoms with E-state index >= 15 is 0 Å². The first-order chi connectivity index (χ1) is 12.6. The second-order valence-electron chi connectivity index (χ2n) is 6.09. The van der Waals surface area contributed by atoms with Crippen molar-refractivity contribution in [3.63, 3.8) is 0 Å². The quantitative estimate of drug-likeness (QED) is 0.729. The molecule has 1 aliphatic heterocycles. The number of pyridine rings is 1. The first-order valence-corrected chi connectivity index (χ1v) is 8.22. The van der Waals surface area contributed by atoms with E-state index in [0.717, 1.165) is 36.7 Å². The lowest BCUT2D eigenvalue weighted by Crippen LogP contribution is -2.40. The molecule has 1 amide bonds. The number of nitrogens with zero attached hydrogens (tertiary/aromatic N) is 2. The molecule has 26 heavy (non-hydrogen) atoms. The average Bonchev–Trinajstić information content (AvgIpc) is 3.12. The van der Waals surface area contributed by atoms with Crippen LogP contribution in [0.3, 0.4) is 0 Å². The molecule has 4 rings (SSSR count). The van der Waals surface area contributed by atoms with Crippen molar-refractivity contribution < 1.29 is 18.3 Å². The Kier molecular flexibility index (Phi) is 4.13. The number of anilines is 1. The summed E-state index contributed by atoms with van der Waals surface area (Å²) in [4.78, 5) is 17.9. The number of fused-ring (bicyclic) bond motifs is 1. The van der Waals surface area contributed by atoms with E-state index in [0.29, 0.717) is 18.0 Å². The third kappa shape index (κ3) is 3.04. The van der Waals surface area contributed by atoms with Crippen molar-refractivity contribution in [2.24, 2.45) is 5.92 Å². The fourth-order valence-corrected chi connectivity index (χ4v) is 3.08. The fourth-order valence-electron chi connectivity index (χ4n) is 3.08. The lowest BCUT2D eigenvalue weighted by atomic mass is 10.1. The number of allylic oxidation sites excluding steroid dienone is 1. The van der Waals surface area contributed by atoms with Gasteiger partial charge in [-0.15, -0.1) is 0 Å². The van der Waals surface area contributed by atoms with Crippen molar-refractivity contribution in [2.45, 2.75) is 12.8 Å². The van der Waals surface area contributed by atoms with Gasteiger partial charge in [-0.05, 0) is 43.2 Å². The fraction of sp³-hybridized carbons (Fsp3) is 0.200. The zero-order valence-corrected chi connectivity index (χ0v) is 13.7. The Morgan fingerprint density at radius 1 is 1.19 bits per heavy atom. The van der Waals surface area contributed by atoms with Gasteiger partial charge in [-0.2, -0.15) is 0 Å². The molecule has 1 fully saturated rings. The van der Waals surface area contributed by atoms with Gasteiger partial charge in [-0.1, -0.05) is 17.9 Å². The number of hydrogen-bond acceptors (Lipinski definition) is 3. The Bertz CT molecular complexity index is 958. The number of carbonyl (C=O) groups is 1. The third-order valence-electron chi connectivity index (χ3n) is 4.38. The van der Waals surface area contributed by atoms with Crippen LogP contribution in [0.15, 0.2) is 48.3 Å². The first-order valence-electron chi connectivity index (χ1n) is 8.22. The second kappa shape index (κ2) is 6.60. The summed E-state index contributed by atoms with van der Waals surface area (Å²) in [5.41, 5.74) is 1.43. The van der Waals surface area contributed by atoms with Crippen LogP contribution >= 0.6 is 0 Å². The van der Waals surface area contributed by atoms with Crippen LogP contribution in [-0.4, -0.2) is 17.7 Å². The van der Waals surface area contributed by atoms with Gasteiger partial charge in [-0.3, -0.25) is 0 Å². The van der Waals surface area contributed by atoms with Gasteiger partial charge >= 0.3 is 6.09 Å². The van der Waals surface area contributed by atoms with Crippen molar-refractivity contribution >= 4 is 11.9 Å². The third-order valence-corrected chi connectivity index (χ3v) is 4.38. The van der Waals surface area contributed by atoms with Crippen LogP contribution in [0, 0.1) is 29.4 Å². The highest BCUT2D eigenvalue weighted by atomic mass is 19.1. The molecule has 0 saturated carbocycles. The van der Waals surface area contributed by atoms with Crippen molar-refractivity contribution in [3.05, 3.63) is 71.1 Å². The van der Waals surface area contributed by atoms with Crippen molar-refractivity contribution in [3.8, 4) is 11.8 Å². The van der Waals surface area contributed by atoms with Gasteiger partial charge in [0.15, 0.2) is 0 Å². The van der Waals surface area contributed by atoms with Crippen LogP contribution in [0.25, 0.3) is 0 Å². The summed E-state index contributed by atoms with van der Waals surface area (Å²) in [6, 6.07) is 6.46. The molecular formula is C20H14F2N2O2. The van der Waals surface area contributed by atoms with E-state index in [1.807, 2.05) is 6.08 Å². The number of benzene rings is 1. The molecule has 2 heterocycles. The van der Waals surface area contributed by atoms with Gasteiger partial charge in [0.2, 0.25) is 0 Å². The highest BCUT2D eigenvalue weighted by Crippen LogP contribution is 2.35. The molecule has 1 unspecified atom stereocenters. The molecule has 6 heteroatoms. The molecule has 1 atom stereocenters. The molecule has 130 valence electrons. The highest BCUT2D eigenvalue weighted by molar-refractivity contribution is 5.91. The topological polar surface area (TPSA) is 42.4 Å². The minimum Gasteiger partial charge on any atom is -0.448 e. The van der Waals surface area contributed by atoms with Crippen molar-refractivity contribution in [1.82, 2.24) is 4.98 Å². The van der Waals surface area contributed by atoms with Crippen LogP contribution in [0.5, 0.6) is 0 Å². The first kappa shape index (κ1) is 16.3. The van der Waals surface area contributed by atoms with Crippen molar-refractivity contribution in [1.29, 1.82) is 0 Å². The Hall–Kier alpha value is -3.20. The molecule has 1 aliphatic carbocycles. The summed E-state index contributed by atoms with van der Waals surface area (Å²) in [7, 11) is 0. The monoisotopic (exact) mass is 352 g/mol. The maximum absolute atomic E-state index is 13.6. The number of carbonyl (C=O) groups excluding carboxylic acids is 1. The van der Waals surface area contributed by atoms with E-state index in [1.54, 1.807) is 12.1 Å². The van der Waals surface area contributed by atoms with Crippen LogP contribution in [0.2, 0.25) is 0 Å². The van der Waals surface area contributed by atoms with Gasteiger partial charge < -0.3 is 4.74 Å². The largest absolute Gasteiger partial charge is 0.448 e. The van der Waals surface area contributed by atoms with Gasteiger partial charge in [-0.25, -0.2) is 23.5 Å². The molecule has 1 aromatic carbocycles.